The average Bonchev–Trinajstić information content (AvgIpc) is 2.26. The van der Waals surface area contributed by atoms with Crippen molar-refractivity contribution in [1.29, 1.82) is 0 Å². The van der Waals surface area contributed by atoms with E-state index in [2.05, 4.69) is 0 Å². The predicted molar refractivity (Wildman–Crippen MR) is 72.6 cm³/mol. The third-order valence-corrected chi connectivity index (χ3v) is 5.10. The third-order valence-electron chi connectivity index (χ3n) is 3.49. The van der Waals surface area contributed by atoms with Gasteiger partial charge in [-0.25, -0.2) is 0 Å². The van der Waals surface area contributed by atoms with Crippen LogP contribution in [0.15, 0.2) is 0 Å². The average molecular weight is 332 g/mol. The first-order chi connectivity index (χ1) is 9.12. The summed E-state index contributed by atoms with van der Waals surface area (Å²) >= 11 is 0. The molecule has 1 aliphatic rings. The number of hydrogen-bond acceptors (Lipinski definition) is 5. The van der Waals surface area contributed by atoms with E-state index in [-0.39, 0.29) is 11.5 Å². The van der Waals surface area contributed by atoms with Crippen molar-refractivity contribution in [3.05, 3.63) is 0 Å². The van der Waals surface area contributed by atoms with Gasteiger partial charge in [-0.2, -0.15) is 16.8 Å². The largest absolute Gasteiger partial charge is 0.370 e. The lowest BCUT2D eigenvalue weighted by Gasteiger charge is -2.41. The quantitative estimate of drug-likeness (QED) is 0.449. The van der Waals surface area contributed by atoms with Crippen LogP contribution in [0.25, 0.3) is 0 Å². The molecule has 1 rings (SSSR count). The van der Waals surface area contributed by atoms with E-state index in [0.717, 1.165) is 0 Å². The fourth-order valence-electron chi connectivity index (χ4n) is 2.45. The number of hydrogen-bond donors (Lipinski definition) is 2. The van der Waals surface area contributed by atoms with E-state index in [1.807, 2.05) is 0 Å². The van der Waals surface area contributed by atoms with Gasteiger partial charge < -0.3 is 9.22 Å². The molecule has 20 heavy (non-hydrogen) atoms. The van der Waals surface area contributed by atoms with Crippen LogP contribution in [0.5, 0.6) is 0 Å². The van der Waals surface area contributed by atoms with E-state index in [1.165, 1.54) is 0 Å². The van der Waals surface area contributed by atoms with Gasteiger partial charge in [0.15, 0.2) is 0 Å². The second-order valence-corrected chi connectivity index (χ2v) is 8.27. The molecule has 0 aromatic rings. The lowest BCUT2D eigenvalue weighted by Crippen LogP contribution is -2.56. The first-order valence-electron chi connectivity index (χ1n) is 6.45. The molecule has 0 amide bonds. The fraction of sp³-hybridized carbons (Fsp3) is 1.00. The second-order valence-electron chi connectivity index (χ2n) is 5.13. The maximum absolute atomic E-state index is 10.7. The summed E-state index contributed by atoms with van der Waals surface area (Å²) in [5.41, 5.74) is 0. The molecular weight excluding hydrogens is 310 g/mol. The number of morpholine rings is 1. The Hall–Kier alpha value is -0.260. The maximum atomic E-state index is 10.7. The Kier molecular flexibility index (Phi) is 6.35. The first-order valence-corrected chi connectivity index (χ1v) is 9.67. The van der Waals surface area contributed by atoms with Crippen molar-refractivity contribution in [2.75, 3.05) is 50.9 Å². The Balaban J connectivity index is 2.52. The summed E-state index contributed by atoms with van der Waals surface area (Å²) in [6, 6.07) is 0. The van der Waals surface area contributed by atoms with Gasteiger partial charge in [-0.15, -0.1) is 0 Å². The van der Waals surface area contributed by atoms with E-state index >= 15 is 0 Å². The van der Waals surface area contributed by atoms with Gasteiger partial charge in [0.1, 0.15) is 13.1 Å². The van der Waals surface area contributed by atoms with Crippen LogP contribution in [0.1, 0.15) is 12.8 Å². The van der Waals surface area contributed by atoms with Gasteiger partial charge in [-0.3, -0.25) is 9.11 Å². The smallest absolute Gasteiger partial charge is 0.265 e. The number of ether oxygens (including phenoxy) is 1. The third kappa shape index (κ3) is 7.50. The highest BCUT2D eigenvalue weighted by atomic mass is 32.2. The van der Waals surface area contributed by atoms with Crippen molar-refractivity contribution in [3.8, 4) is 0 Å². The van der Waals surface area contributed by atoms with Gasteiger partial charge in [-0.1, -0.05) is 0 Å². The summed E-state index contributed by atoms with van der Waals surface area (Å²) in [5.74, 6) is -0.599. The van der Waals surface area contributed by atoms with Crippen molar-refractivity contribution >= 4 is 20.2 Å². The Morgan fingerprint density at radius 2 is 1.25 bits per heavy atom. The molecule has 1 aliphatic heterocycles. The van der Waals surface area contributed by atoms with Gasteiger partial charge in [0.05, 0.1) is 37.8 Å². The molecule has 0 aromatic carbocycles. The fourth-order valence-corrected chi connectivity index (χ4v) is 3.44. The lowest BCUT2D eigenvalue weighted by atomic mass is 10.2. The zero-order valence-corrected chi connectivity index (χ0v) is 12.9. The molecule has 0 aromatic heterocycles. The molecule has 10 heteroatoms. The summed E-state index contributed by atoms with van der Waals surface area (Å²) in [6.45, 7) is 3.51. The molecule has 2 N–H and O–H groups in total. The highest BCUT2D eigenvalue weighted by molar-refractivity contribution is 7.86. The Morgan fingerprint density at radius 3 is 1.60 bits per heavy atom. The maximum Gasteiger partial charge on any atom is 0.265 e. The minimum Gasteiger partial charge on any atom is -0.370 e. The molecule has 1 fully saturated rings. The zero-order valence-electron chi connectivity index (χ0n) is 11.3. The summed E-state index contributed by atoms with van der Waals surface area (Å²) < 4.78 is 66.3. The van der Waals surface area contributed by atoms with Crippen molar-refractivity contribution in [2.45, 2.75) is 12.8 Å². The Morgan fingerprint density at radius 1 is 0.850 bits per heavy atom. The van der Waals surface area contributed by atoms with E-state index in [0.29, 0.717) is 56.7 Å². The van der Waals surface area contributed by atoms with Crippen molar-refractivity contribution in [1.82, 2.24) is 0 Å². The van der Waals surface area contributed by atoms with Gasteiger partial charge in [0, 0.05) is 12.8 Å². The van der Waals surface area contributed by atoms with Crippen LogP contribution in [0.4, 0.5) is 0 Å². The van der Waals surface area contributed by atoms with Crippen LogP contribution in [-0.2, 0) is 25.0 Å². The van der Waals surface area contributed by atoms with E-state index < -0.39 is 20.2 Å². The molecule has 0 aliphatic carbocycles. The zero-order chi connectivity index (χ0) is 15.3. The minimum absolute atomic E-state index is 0.299. The standard InChI is InChI=1S/C10H21NO7S2/c12-19(13,14)9-1-3-11(5-7-18-8-6-11)4-2-10-20(15,16)17/h1-10H2,(H-,12,13,14,15,16,17)/p+1. The molecule has 0 unspecified atom stereocenters. The molecule has 0 bridgehead atoms. The molecule has 0 atom stereocenters. The Labute approximate surface area is 119 Å². The summed E-state index contributed by atoms with van der Waals surface area (Å²) in [6.07, 6.45) is 0.620. The molecule has 1 heterocycles. The van der Waals surface area contributed by atoms with Crippen molar-refractivity contribution < 1.29 is 35.2 Å². The van der Waals surface area contributed by atoms with Crippen molar-refractivity contribution in [3.63, 3.8) is 0 Å². The van der Waals surface area contributed by atoms with Gasteiger partial charge in [0.25, 0.3) is 20.2 Å². The summed E-state index contributed by atoms with van der Waals surface area (Å²) in [5, 5.41) is 0. The van der Waals surface area contributed by atoms with Crippen LogP contribution in [0, 0.1) is 0 Å². The van der Waals surface area contributed by atoms with Gasteiger partial charge >= 0.3 is 0 Å². The molecule has 0 radical (unpaired) electrons. The molecule has 0 saturated carbocycles. The normalized spacial score (nSPS) is 19.9. The van der Waals surface area contributed by atoms with E-state index in [9.17, 15) is 16.8 Å². The molecule has 0 spiro atoms. The predicted octanol–water partition coefficient (Wildman–Crippen LogP) is -0.611. The minimum atomic E-state index is -3.97. The number of quaternary nitrogens is 1. The molecule has 1 saturated heterocycles. The number of nitrogens with zero attached hydrogens (tertiary/aromatic N) is 1. The van der Waals surface area contributed by atoms with Crippen molar-refractivity contribution in [2.24, 2.45) is 0 Å². The summed E-state index contributed by atoms with van der Waals surface area (Å²) in [7, 11) is -7.95. The highest BCUT2D eigenvalue weighted by Gasteiger charge is 2.30. The Bertz CT molecular complexity index is 454. The van der Waals surface area contributed by atoms with E-state index in [1.54, 1.807) is 0 Å². The monoisotopic (exact) mass is 332 g/mol. The van der Waals surface area contributed by atoms with Gasteiger partial charge in [-0.05, 0) is 0 Å². The highest BCUT2D eigenvalue weighted by Crippen LogP contribution is 2.14. The lowest BCUT2D eigenvalue weighted by molar-refractivity contribution is -0.935. The summed E-state index contributed by atoms with van der Waals surface area (Å²) in [4.78, 5) is 0. The molecular formula is C10H22NO7S2+. The van der Waals surface area contributed by atoms with Gasteiger partial charge in [0.2, 0.25) is 0 Å². The SMILES string of the molecule is O=S(=O)(O)CCC[N+]1(CCCS(=O)(=O)O)CCOCC1. The first kappa shape index (κ1) is 17.8. The van der Waals surface area contributed by atoms with E-state index in [4.69, 9.17) is 13.8 Å². The second kappa shape index (κ2) is 7.14. The number of rotatable bonds is 8. The van der Waals surface area contributed by atoms with Crippen LogP contribution in [0.2, 0.25) is 0 Å². The van der Waals surface area contributed by atoms with Crippen LogP contribution in [0.3, 0.4) is 0 Å². The molecule has 8 nitrogen and oxygen atoms in total. The van der Waals surface area contributed by atoms with Crippen LogP contribution in [-0.4, -0.2) is 81.3 Å². The van der Waals surface area contributed by atoms with Crippen LogP contribution < -0.4 is 0 Å². The van der Waals surface area contributed by atoms with Crippen LogP contribution >= 0.6 is 0 Å². The topological polar surface area (TPSA) is 118 Å². The molecule has 120 valence electrons.